The van der Waals surface area contributed by atoms with E-state index >= 15 is 0 Å². The largest absolute Gasteiger partial charge is 0.419 e. The lowest BCUT2D eigenvalue weighted by Crippen LogP contribution is -2.42. The first-order valence-electron chi connectivity index (χ1n) is 11.9. The van der Waals surface area contributed by atoms with Gasteiger partial charge in [-0.25, -0.2) is 4.98 Å². The Labute approximate surface area is 192 Å². The normalized spacial score (nSPS) is 28.5. The van der Waals surface area contributed by atoms with E-state index in [0.717, 1.165) is 37.7 Å². The molecule has 1 saturated heterocycles. The lowest BCUT2D eigenvalue weighted by molar-refractivity contribution is -0.137. The average Bonchev–Trinajstić information content (AvgIpc) is 3.13. The van der Waals surface area contributed by atoms with Crippen LogP contribution in [0.3, 0.4) is 0 Å². The molecule has 2 aliphatic carbocycles. The quantitative estimate of drug-likeness (QED) is 0.694. The standard InChI is InChI=1S/C24H32F3N5O/c1-13(2)32-21(11-20(30-32)14-8-19(24(25,26)27)23(28)29-12-14)22-17-9-15(10-18(17)22)31-6-4-16(33-3)5-7-31/h8,11-13,15-18,22H,4-7,9-10H2,1-3H3,(H2,28,29)/t15?,17-,18+,22?. The van der Waals surface area contributed by atoms with E-state index in [4.69, 9.17) is 15.6 Å². The summed E-state index contributed by atoms with van der Waals surface area (Å²) >= 11 is 0. The highest BCUT2D eigenvalue weighted by Crippen LogP contribution is 2.64. The number of nitrogen functional groups attached to an aromatic ring is 1. The number of hydrogen-bond acceptors (Lipinski definition) is 5. The van der Waals surface area contributed by atoms with E-state index in [2.05, 4.69) is 23.7 Å². The highest BCUT2D eigenvalue weighted by molar-refractivity contribution is 5.63. The summed E-state index contributed by atoms with van der Waals surface area (Å²) in [5, 5.41) is 4.69. The van der Waals surface area contributed by atoms with Crippen LogP contribution in [0.1, 0.15) is 62.7 Å². The third-order valence-corrected chi connectivity index (χ3v) is 7.86. The van der Waals surface area contributed by atoms with Gasteiger partial charge in [-0.3, -0.25) is 4.68 Å². The average molecular weight is 464 g/mol. The molecule has 1 aliphatic heterocycles. The van der Waals surface area contributed by atoms with Gasteiger partial charge in [0.2, 0.25) is 0 Å². The zero-order valence-electron chi connectivity index (χ0n) is 19.3. The van der Waals surface area contributed by atoms with Crippen molar-refractivity contribution >= 4 is 5.82 Å². The fraction of sp³-hybridized carbons (Fsp3) is 0.667. The zero-order valence-corrected chi connectivity index (χ0v) is 19.3. The predicted octanol–water partition coefficient (Wildman–Crippen LogP) is 4.73. The van der Waals surface area contributed by atoms with E-state index < -0.39 is 17.6 Å². The molecule has 3 aliphatic rings. The van der Waals surface area contributed by atoms with Crippen molar-refractivity contribution in [2.75, 3.05) is 25.9 Å². The number of alkyl halides is 3. The maximum atomic E-state index is 13.3. The molecule has 180 valence electrons. The molecule has 9 heteroatoms. The van der Waals surface area contributed by atoms with Crippen LogP contribution < -0.4 is 5.73 Å². The van der Waals surface area contributed by atoms with Crippen molar-refractivity contribution in [3.05, 3.63) is 29.6 Å². The topological polar surface area (TPSA) is 69.2 Å². The van der Waals surface area contributed by atoms with Crippen LogP contribution in [0.5, 0.6) is 0 Å². The van der Waals surface area contributed by atoms with Gasteiger partial charge in [0.25, 0.3) is 0 Å². The van der Waals surface area contributed by atoms with Gasteiger partial charge in [0.15, 0.2) is 0 Å². The molecule has 6 nitrogen and oxygen atoms in total. The fourth-order valence-electron chi connectivity index (χ4n) is 6.08. The molecule has 2 aromatic rings. The molecule has 0 aromatic carbocycles. The van der Waals surface area contributed by atoms with Crippen molar-refractivity contribution in [3.63, 3.8) is 0 Å². The van der Waals surface area contributed by atoms with Crippen LogP contribution in [0.25, 0.3) is 11.3 Å². The molecule has 0 bridgehead atoms. The summed E-state index contributed by atoms with van der Waals surface area (Å²) < 4.78 is 47.5. The molecule has 33 heavy (non-hydrogen) atoms. The molecule has 2 saturated carbocycles. The molecular formula is C24H32F3N5O. The monoisotopic (exact) mass is 463 g/mol. The van der Waals surface area contributed by atoms with Gasteiger partial charge in [0, 0.05) is 55.7 Å². The number of halogens is 3. The van der Waals surface area contributed by atoms with Gasteiger partial charge in [-0.2, -0.15) is 18.3 Å². The lowest BCUT2D eigenvalue weighted by Gasteiger charge is -2.36. The van der Waals surface area contributed by atoms with Gasteiger partial charge in [-0.05, 0) is 63.5 Å². The Morgan fingerprint density at radius 2 is 1.79 bits per heavy atom. The van der Waals surface area contributed by atoms with Crippen LogP contribution in [0.4, 0.5) is 19.0 Å². The van der Waals surface area contributed by atoms with Crippen LogP contribution in [-0.4, -0.2) is 52.0 Å². The number of hydrogen-bond donors (Lipinski definition) is 1. The summed E-state index contributed by atoms with van der Waals surface area (Å²) in [5.41, 5.74) is 6.58. The molecule has 3 fully saturated rings. The Morgan fingerprint density at radius 1 is 1.12 bits per heavy atom. The molecule has 2 unspecified atom stereocenters. The third-order valence-electron chi connectivity index (χ3n) is 7.86. The number of pyridine rings is 1. The van der Waals surface area contributed by atoms with Gasteiger partial charge in [0.05, 0.1) is 17.4 Å². The zero-order chi connectivity index (χ0) is 23.5. The van der Waals surface area contributed by atoms with E-state index in [1.54, 1.807) is 7.11 Å². The first-order chi connectivity index (χ1) is 15.7. The smallest absolute Gasteiger partial charge is 0.383 e. The van der Waals surface area contributed by atoms with E-state index in [9.17, 15) is 13.2 Å². The Morgan fingerprint density at radius 3 is 2.36 bits per heavy atom. The number of fused-ring (bicyclic) bond motifs is 1. The van der Waals surface area contributed by atoms with Gasteiger partial charge in [0.1, 0.15) is 5.82 Å². The molecule has 4 atom stereocenters. The van der Waals surface area contributed by atoms with Crippen LogP contribution in [0.2, 0.25) is 0 Å². The van der Waals surface area contributed by atoms with Gasteiger partial charge in [-0.15, -0.1) is 0 Å². The van der Waals surface area contributed by atoms with Gasteiger partial charge < -0.3 is 15.4 Å². The third kappa shape index (κ3) is 4.14. The number of anilines is 1. The van der Waals surface area contributed by atoms with Crippen molar-refractivity contribution in [1.82, 2.24) is 19.7 Å². The maximum Gasteiger partial charge on any atom is 0.419 e. The number of likely N-dealkylation sites (tertiary alicyclic amines) is 1. The van der Waals surface area contributed by atoms with Crippen molar-refractivity contribution in [2.24, 2.45) is 11.8 Å². The molecule has 2 aromatic heterocycles. The van der Waals surface area contributed by atoms with E-state index in [0.29, 0.717) is 41.2 Å². The second-order valence-electron chi connectivity index (χ2n) is 10.1. The predicted molar refractivity (Wildman–Crippen MR) is 120 cm³/mol. The first kappa shape index (κ1) is 22.7. The minimum atomic E-state index is -4.54. The highest BCUT2D eigenvalue weighted by Gasteiger charge is 2.58. The summed E-state index contributed by atoms with van der Waals surface area (Å²) in [4.78, 5) is 6.42. The summed E-state index contributed by atoms with van der Waals surface area (Å²) in [5.74, 6) is 1.19. The number of rotatable bonds is 5. The summed E-state index contributed by atoms with van der Waals surface area (Å²) in [7, 11) is 1.80. The number of methoxy groups -OCH3 is 1. The van der Waals surface area contributed by atoms with Crippen LogP contribution in [-0.2, 0) is 10.9 Å². The summed E-state index contributed by atoms with van der Waals surface area (Å²) in [6, 6.07) is 3.80. The number of nitrogens with zero attached hydrogens (tertiary/aromatic N) is 4. The molecule has 0 amide bonds. The molecule has 0 spiro atoms. The number of nitrogens with two attached hydrogens (primary N) is 1. The van der Waals surface area contributed by atoms with Gasteiger partial charge in [-0.1, -0.05) is 0 Å². The minimum Gasteiger partial charge on any atom is -0.383 e. The van der Waals surface area contributed by atoms with Crippen LogP contribution in [0.15, 0.2) is 18.3 Å². The number of aromatic nitrogens is 3. The molecular weight excluding hydrogens is 431 g/mol. The number of ether oxygens (including phenoxy) is 1. The Hall–Kier alpha value is -2.13. The Kier molecular flexibility index (Phi) is 5.68. The molecule has 3 heterocycles. The summed E-state index contributed by atoms with van der Waals surface area (Å²) in [6.07, 6.45) is 1.81. The summed E-state index contributed by atoms with van der Waals surface area (Å²) in [6.45, 7) is 6.33. The molecule has 2 N–H and O–H groups in total. The van der Waals surface area contributed by atoms with E-state index in [1.807, 2.05) is 10.7 Å². The fourth-order valence-corrected chi connectivity index (χ4v) is 6.08. The van der Waals surface area contributed by atoms with E-state index in [1.165, 1.54) is 19.0 Å². The number of piperidine rings is 1. The second-order valence-corrected chi connectivity index (χ2v) is 10.1. The van der Waals surface area contributed by atoms with Crippen molar-refractivity contribution in [2.45, 2.75) is 69.8 Å². The van der Waals surface area contributed by atoms with Crippen LogP contribution in [0, 0.1) is 11.8 Å². The van der Waals surface area contributed by atoms with E-state index in [-0.39, 0.29) is 6.04 Å². The molecule has 5 rings (SSSR count). The highest BCUT2D eigenvalue weighted by atomic mass is 19.4. The van der Waals surface area contributed by atoms with Crippen molar-refractivity contribution < 1.29 is 17.9 Å². The maximum absolute atomic E-state index is 13.3. The second kappa shape index (κ2) is 8.27. The molecule has 0 radical (unpaired) electrons. The van der Waals surface area contributed by atoms with Crippen molar-refractivity contribution in [1.29, 1.82) is 0 Å². The Bertz CT molecular complexity index is 1000. The van der Waals surface area contributed by atoms with Crippen LogP contribution >= 0.6 is 0 Å². The Balaban J connectivity index is 1.33. The SMILES string of the molecule is COC1CCN(C2C[C@@H]3C(c4cc(-c5cnc(N)c(C(F)(F)F)c5)nn4C(C)C)[C@@H]3C2)CC1. The lowest BCUT2D eigenvalue weighted by atomic mass is 9.99. The van der Waals surface area contributed by atoms with Gasteiger partial charge >= 0.3 is 6.18 Å². The minimum absolute atomic E-state index is 0.128. The van der Waals surface area contributed by atoms with Crippen molar-refractivity contribution in [3.8, 4) is 11.3 Å². The first-order valence-corrected chi connectivity index (χ1v) is 11.9.